The van der Waals surface area contributed by atoms with Gasteiger partial charge in [-0.2, -0.15) is 0 Å². The third-order valence-electron chi connectivity index (χ3n) is 7.12. The first-order chi connectivity index (χ1) is 19.7. The van der Waals surface area contributed by atoms with E-state index in [2.05, 4.69) is 5.32 Å². The largest absolute Gasteiger partial charge is 0.497 e. The molecule has 0 bridgehead atoms. The van der Waals surface area contributed by atoms with E-state index in [-0.39, 0.29) is 23.5 Å². The Hall–Kier alpha value is -4.51. The molecule has 4 aromatic rings. The summed E-state index contributed by atoms with van der Waals surface area (Å²) in [5, 5.41) is 2.90. The fourth-order valence-electron chi connectivity index (χ4n) is 4.89. The number of carbonyl (C=O) groups is 4. The van der Waals surface area contributed by atoms with E-state index >= 15 is 0 Å². The number of nitrogens with one attached hydrogen (secondary N) is 1. The number of anilines is 2. The smallest absolute Gasteiger partial charge is 0.268 e. The molecule has 2 aromatic carbocycles. The number of methoxy groups -OCH3 is 1. The van der Waals surface area contributed by atoms with Crippen LogP contribution < -0.4 is 15.0 Å². The molecule has 0 spiro atoms. The highest BCUT2D eigenvalue weighted by Crippen LogP contribution is 2.28. The summed E-state index contributed by atoms with van der Waals surface area (Å²) in [6, 6.07) is 15.8. The molecule has 1 aliphatic heterocycles. The highest BCUT2D eigenvalue weighted by molar-refractivity contribution is 7.16. The zero-order chi connectivity index (χ0) is 29.1. The molecule has 0 radical (unpaired) electrons. The number of ether oxygens (including phenoxy) is 1. The number of nitrogens with zero attached hydrogens (tertiary/aromatic N) is 4. The minimum Gasteiger partial charge on any atom is -0.497 e. The molecule has 2 aromatic heterocycles. The van der Waals surface area contributed by atoms with Crippen LogP contribution in [0.2, 0.25) is 0 Å². The second kappa shape index (κ2) is 11.9. The van der Waals surface area contributed by atoms with Gasteiger partial charge in [-0.3, -0.25) is 24.5 Å². The Kier molecular flexibility index (Phi) is 8.16. The van der Waals surface area contributed by atoms with Crippen molar-refractivity contribution in [1.29, 1.82) is 0 Å². The van der Waals surface area contributed by atoms with E-state index < -0.39 is 0 Å². The van der Waals surface area contributed by atoms with Gasteiger partial charge in [-0.15, -0.1) is 11.3 Å². The molecule has 1 N–H and O–H groups in total. The number of likely N-dealkylation sites (tertiary alicyclic amines) is 1. The van der Waals surface area contributed by atoms with Crippen LogP contribution in [-0.2, 0) is 11.3 Å². The zero-order valence-electron chi connectivity index (χ0n) is 23.2. The molecule has 1 fully saturated rings. The van der Waals surface area contributed by atoms with E-state index in [0.717, 1.165) is 29.8 Å². The first kappa shape index (κ1) is 28.0. The lowest BCUT2D eigenvalue weighted by molar-refractivity contribution is -0.127. The van der Waals surface area contributed by atoms with E-state index in [9.17, 15) is 19.2 Å². The summed E-state index contributed by atoms with van der Waals surface area (Å²) in [7, 11) is 3.25. The van der Waals surface area contributed by atoms with Crippen LogP contribution >= 0.6 is 11.3 Å². The number of aromatic nitrogens is 2. The maximum atomic E-state index is 13.2. The molecule has 212 valence electrons. The van der Waals surface area contributed by atoms with Gasteiger partial charge in [0, 0.05) is 44.4 Å². The Bertz CT molecular complexity index is 1640. The number of Topliss-reactive ketones (excluding diaryl/α,β-unsaturated/α-hetero) is 1. The lowest BCUT2D eigenvalue weighted by Gasteiger charge is -2.18. The number of hydrogen-bond acceptors (Lipinski definition) is 7. The first-order valence-electron chi connectivity index (χ1n) is 13.4. The molecule has 10 nitrogen and oxygen atoms in total. The van der Waals surface area contributed by atoms with Crippen molar-refractivity contribution in [3.8, 4) is 5.75 Å². The average Bonchev–Trinajstić information content (AvgIpc) is 3.71. The Morgan fingerprint density at radius 2 is 1.88 bits per heavy atom. The lowest BCUT2D eigenvalue weighted by Crippen LogP contribution is -2.26. The van der Waals surface area contributed by atoms with Gasteiger partial charge in [-0.25, -0.2) is 4.98 Å². The topological polar surface area (TPSA) is 114 Å². The number of aryl methyl sites for hydroxylation is 1. The van der Waals surface area contributed by atoms with Crippen LogP contribution in [0.5, 0.6) is 5.75 Å². The van der Waals surface area contributed by atoms with Gasteiger partial charge < -0.3 is 19.1 Å². The van der Waals surface area contributed by atoms with Crippen LogP contribution in [0.4, 0.5) is 11.6 Å². The molecule has 11 heteroatoms. The van der Waals surface area contributed by atoms with Gasteiger partial charge in [0.1, 0.15) is 5.75 Å². The summed E-state index contributed by atoms with van der Waals surface area (Å²) in [6.45, 7) is 3.37. The predicted octanol–water partition coefficient (Wildman–Crippen LogP) is 4.85. The van der Waals surface area contributed by atoms with Crippen LogP contribution in [0.3, 0.4) is 0 Å². The van der Waals surface area contributed by atoms with Gasteiger partial charge in [0.15, 0.2) is 5.78 Å². The fraction of sp³-hybridized carbons (Fsp3) is 0.300. The summed E-state index contributed by atoms with van der Waals surface area (Å²) in [5.41, 5.74) is 2.52. The highest BCUT2D eigenvalue weighted by Gasteiger charge is 2.22. The molecule has 5 rings (SSSR count). The number of ketones is 1. The Labute approximate surface area is 241 Å². The molecule has 41 heavy (non-hydrogen) atoms. The summed E-state index contributed by atoms with van der Waals surface area (Å²) in [4.78, 5) is 59.1. The maximum Gasteiger partial charge on any atom is 0.268 e. The normalized spacial score (nSPS) is 13.0. The van der Waals surface area contributed by atoms with Gasteiger partial charge >= 0.3 is 0 Å². The zero-order valence-corrected chi connectivity index (χ0v) is 24.0. The number of fused-ring (bicyclic) bond motifs is 1. The van der Waals surface area contributed by atoms with E-state index in [0.29, 0.717) is 64.2 Å². The van der Waals surface area contributed by atoms with Crippen molar-refractivity contribution in [2.45, 2.75) is 32.7 Å². The number of amides is 3. The molecule has 1 saturated heterocycles. The molecular weight excluding hydrogens is 542 g/mol. The van der Waals surface area contributed by atoms with Gasteiger partial charge in [0.25, 0.3) is 11.8 Å². The van der Waals surface area contributed by atoms with Crippen LogP contribution in [0.25, 0.3) is 11.0 Å². The summed E-state index contributed by atoms with van der Waals surface area (Å²) in [6.07, 6.45) is 2.15. The Morgan fingerprint density at radius 1 is 1.07 bits per heavy atom. The number of rotatable bonds is 10. The van der Waals surface area contributed by atoms with Crippen LogP contribution in [0.15, 0.2) is 54.6 Å². The van der Waals surface area contributed by atoms with Crippen molar-refractivity contribution in [3.05, 3.63) is 69.9 Å². The molecule has 0 saturated carbocycles. The lowest BCUT2D eigenvalue weighted by atomic mass is 10.1. The summed E-state index contributed by atoms with van der Waals surface area (Å²) >= 11 is 1.13. The fourth-order valence-corrected chi connectivity index (χ4v) is 5.68. The van der Waals surface area contributed by atoms with Gasteiger partial charge in [-0.05, 0) is 68.3 Å². The SMILES string of the molecule is COc1cccc(C(=O)N(C)c2ccc3c(c2)nc(NC(=O)c2ccc(C(C)=O)s2)n3CCCN2CCCC2=O)c1. The molecule has 0 unspecified atom stereocenters. The second-order valence-electron chi connectivity index (χ2n) is 9.87. The molecule has 1 aliphatic rings. The highest BCUT2D eigenvalue weighted by atomic mass is 32.1. The van der Waals surface area contributed by atoms with Crippen molar-refractivity contribution in [3.63, 3.8) is 0 Å². The van der Waals surface area contributed by atoms with E-state index in [1.54, 1.807) is 55.5 Å². The standard InChI is InChI=1S/C30H31N5O5S/c1-19(36)25-12-13-26(41-25)28(38)32-30-31-23-18-21(33(2)29(39)20-7-4-8-22(17-20)40-3)10-11-24(23)35(30)16-6-15-34-14-5-9-27(34)37/h4,7-8,10-13,17-18H,5-6,9,14-16H2,1-3H3,(H,31,32,38). The van der Waals surface area contributed by atoms with Gasteiger partial charge in [0.2, 0.25) is 11.9 Å². The number of thiophene rings is 1. The quantitative estimate of drug-likeness (QED) is 0.271. The van der Waals surface area contributed by atoms with Crippen molar-refractivity contribution >= 4 is 57.5 Å². The number of carbonyl (C=O) groups excluding carboxylic acids is 4. The number of hydrogen-bond donors (Lipinski definition) is 1. The number of imidazole rings is 1. The molecular formula is C30H31N5O5S. The first-order valence-corrected chi connectivity index (χ1v) is 14.2. The molecule has 0 aliphatic carbocycles. The van der Waals surface area contributed by atoms with Crippen molar-refractivity contribution in [2.24, 2.45) is 0 Å². The number of benzene rings is 2. The molecule has 3 heterocycles. The van der Waals surface area contributed by atoms with E-state index in [1.807, 2.05) is 27.7 Å². The molecule has 0 atom stereocenters. The summed E-state index contributed by atoms with van der Waals surface area (Å²) in [5.74, 6) is 0.453. The Morgan fingerprint density at radius 3 is 2.59 bits per heavy atom. The van der Waals surface area contributed by atoms with E-state index in [1.165, 1.54) is 6.92 Å². The van der Waals surface area contributed by atoms with Crippen molar-refractivity contribution in [2.75, 3.05) is 37.5 Å². The molecule has 3 amide bonds. The third kappa shape index (κ3) is 5.99. The van der Waals surface area contributed by atoms with Crippen LogP contribution in [-0.4, -0.2) is 65.2 Å². The predicted molar refractivity (Wildman–Crippen MR) is 158 cm³/mol. The van der Waals surface area contributed by atoms with Crippen molar-refractivity contribution in [1.82, 2.24) is 14.5 Å². The minimum atomic E-state index is -0.362. The third-order valence-corrected chi connectivity index (χ3v) is 8.31. The monoisotopic (exact) mass is 573 g/mol. The van der Waals surface area contributed by atoms with Crippen LogP contribution in [0.1, 0.15) is 55.9 Å². The van der Waals surface area contributed by atoms with Crippen molar-refractivity contribution < 1.29 is 23.9 Å². The van der Waals surface area contributed by atoms with Gasteiger partial charge in [-0.1, -0.05) is 6.07 Å². The van der Waals surface area contributed by atoms with Crippen LogP contribution in [0, 0.1) is 0 Å². The minimum absolute atomic E-state index is 0.0992. The summed E-state index contributed by atoms with van der Waals surface area (Å²) < 4.78 is 7.17. The maximum absolute atomic E-state index is 13.2. The average molecular weight is 574 g/mol. The van der Waals surface area contributed by atoms with Gasteiger partial charge in [0.05, 0.1) is 27.9 Å². The second-order valence-corrected chi connectivity index (χ2v) is 11.0. The van der Waals surface area contributed by atoms with E-state index in [4.69, 9.17) is 9.72 Å². The Balaban J connectivity index is 1.43.